The van der Waals surface area contributed by atoms with E-state index in [1.54, 1.807) is 25.3 Å². The Hall–Kier alpha value is -3.00. The van der Waals surface area contributed by atoms with Gasteiger partial charge < -0.3 is 14.6 Å². The van der Waals surface area contributed by atoms with Gasteiger partial charge in [-0.1, -0.05) is 0 Å². The minimum absolute atomic E-state index is 0.146. The molecule has 2 heterocycles. The molecule has 1 fully saturated rings. The van der Waals surface area contributed by atoms with Crippen LogP contribution in [-0.2, 0) is 4.79 Å². The number of nitrogens with zero attached hydrogens (tertiary/aromatic N) is 2. The Kier molecular flexibility index (Phi) is 4.13. The van der Waals surface area contributed by atoms with E-state index in [-0.39, 0.29) is 22.9 Å². The summed E-state index contributed by atoms with van der Waals surface area (Å²) in [6, 6.07) is 7.28. The van der Waals surface area contributed by atoms with E-state index in [1.165, 1.54) is 23.3 Å². The van der Waals surface area contributed by atoms with Crippen LogP contribution in [0.4, 0.5) is 5.69 Å². The highest BCUT2D eigenvalue weighted by molar-refractivity contribution is 8.18. The fourth-order valence-corrected chi connectivity index (χ4v) is 3.01. The molecule has 24 heavy (non-hydrogen) atoms. The van der Waals surface area contributed by atoms with Gasteiger partial charge in [0.15, 0.2) is 5.17 Å². The predicted octanol–water partition coefficient (Wildman–Crippen LogP) is 2.92. The zero-order valence-corrected chi connectivity index (χ0v) is 13.3. The number of furan rings is 1. The van der Waals surface area contributed by atoms with Gasteiger partial charge in [-0.05, 0) is 42.1 Å². The van der Waals surface area contributed by atoms with Crippen molar-refractivity contribution in [3.8, 4) is 5.75 Å². The van der Waals surface area contributed by atoms with Crippen LogP contribution in [0.25, 0.3) is 6.08 Å². The number of amidine groups is 1. The van der Waals surface area contributed by atoms with Crippen molar-refractivity contribution < 1.29 is 24.2 Å². The molecule has 122 valence electrons. The molecule has 0 unspecified atom stereocenters. The van der Waals surface area contributed by atoms with Crippen LogP contribution in [-0.4, -0.2) is 39.2 Å². The Morgan fingerprint density at radius 3 is 2.83 bits per heavy atom. The van der Waals surface area contributed by atoms with E-state index in [9.17, 15) is 19.8 Å². The van der Waals surface area contributed by atoms with Crippen molar-refractivity contribution in [2.24, 2.45) is 4.99 Å². The number of carbonyl (C=O) groups excluding carboxylic acids is 1. The van der Waals surface area contributed by atoms with Gasteiger partial charge in [0.05, 0.1) is 22.4 Å². The number of thioether (sulfide) groups is 1. The van der Waals surface area contributed by atoms with E-state index >= 15 is 0 Å². The van der Waals surface area contributed by atoms with Gasteiger partial charge >= 0.3 is 5.97 Å². The molecule has 0 bridgehead atoms. The summed E-state index contributed by atoms with van der Waals surface area (Å²) in [5.74, 6) is -1.10. The molecular weight excluding hydrogens is 332 g/mol. The third kappa shape index (κ3) is 3.04. The van der Waals surface area contributed by atoms with Crippen molar-refractivity contribution in [2.45, 2.75) is 0 Å². The van der Waals surface area contributed by atoms with Crippen LogP contribution in [0.1, 0.15) is 16.1 Å². The quantitative estimate of drug-likeness (QED) is 0.830. The number of carbonyl (C=O) groups is 2. The number of rotatable bonds is 3. The second-order valence-electron chi connectivity index (χ2n) is 4.89. The van der Waals surface area contributed by atoms with Crippen LogP contribution in [0.5, 0.6) is 5.75 Å². The Morgan fingerprint density at radius 2 is 2.17 bits per heavy atom. The first-order valence-electron chi connectivity index (χ1n) is 6.82. The summed E-state index contributed by atoms with van der Waals surface area (Å²) in [5.41, 5.74) is 0.00844. The molecule has 1 aliphatic rings. The fraction of sp³-hybridized carbons (Fsp3) is 0.0625. The van der Waals surface area contributed by atoms with Crippen molar-refractivity contribution in [1.29, 1.82) is 0 Å². The first kappa shape index (κ1) is 15.9. The number of aromatic hydroxyl groups is 1. The van der Waals surface area contributed by atoms with Gasteiger partial charge in [0.25, 0.3) is 5.91 Å². The van der Waals surface area contributed by atoms with Crippen molar-refractivity contribution in [2.75, 3.05) is 7.05 Å². The van der Waals surface area contributed by atoms with Crippen LogP contribution >= 0.6 is 11.8 Å². The lowest BCUT2D eigenvalue weighted by atomic mass is 10.2. The summed E-state index contributed by atoms with van der Waals surface area (Å²) in [6.07, 6.45) is 3.10. The van der Waals surface area contributed by atoms with E-state index < -0.39 is 5.97 Å². The predicted molar refractivity (Wildman–Crippen MR) is 89.2 cm³/mol. The summed E-state index contributed by atoms with van der Waals surface area (Å²) in [6.45, 7) is 0. The second-order valence-corrected chi connectivity index (χ2v) is 5.90. The fourth-order valence-electron chi connectivity index (χ4n) is 2.05. The Balaban J connectivity index is 1.97. The zero-order valence-electron chi connectivity index (χ0n) is 12.5. The normalized spacial score (nSPS) is 17.9. The zero-order chi connectivity index (χ0) is 17.3. The lowest BCUT2D eigenvalue weighted by Gasteiger charge is -2.08. The van der Waals surface area contributed by atoms with Gasteiger partial charge in [-0.3, -0.25) is 9.69 Å². The molecule has 0 aliphatic carbocycles. The molecule has 0 atom stereocenters. The van der Waals surface area contributed by atoms with Crippen molar-refractivity contribution in [3.05, 3.63) is 52.8 Å². The number of phenolic OH excluding ortho intramolecular Hbond substituents is 1. The molecule has 2 aromatic rings. The molecule has 2 N–H and O–H groups in total. The summed E-state index contributed by atoms with van der Waals surface area (Å²) in [5, 5.41) is 19.0. The Morgan fingerprint density at radius 1 is 1.38 bits per heavy atom. The average molecular weight is 344 g/mol. The topological polar surface area (TPSA) is 103 Å². The number of aromatic carboxylic acids is 1. The van der Waals surface area contributed by atoms with Crippen LogP contribution in [0.15, 0.2) is 50.9 Å². The summed E-state index contributed by atoms with van der Waals surface area (Å²) >= 11 is 1.12. The third-order valence-corrected chi connectivity index (χ3v) is 4.31. The molecule has 1 aromatic carbocycles. The number of amides is 1. The molecule has 1 aliphatic heterocycles. The summed E-state index contributed by atoms with van der Waals surface area (Å²) in [4.78, 5) is 29.5. The molecule has 0 saturated carbocycles. The largest absolute Gasteiger partial charge is 0.508 e. The second kappa shape index (κ2) is 6.25. The number of carboxylic acid groups (broad SMARTS) is 1. The summed E-state index contributed by atoms with van der Waals surface area (Å²) in [7, 11) is 1.55. The van der Waals surface area contributed by atoms with Crippen LogP contribution in [0, 0.1) is 0 Å². The number of aliphatic imine (C=N–C) groups is 1. The average Bonchev–Trinajstić information content (AvgIpc) is 3.14. The smallest absolute Gasteiger partial charge is 0.338 e. The number of hydrogen-bond acceptors (Lipinski definition) is 6. The van der Waals surface area contributed by atoms with Crippen molar-refractivity contribution in [3.63, 3.8) is 0 Å². The van der Waals surface area contributed by atoms with E-state index in [1.807, 2.05) is 0 Å². The molecule has 1 saturated heterocycles. The SMILES string of the molecule is CN1C(=O)/C(=C/c2ccco2)SC1=Nc1ccc(O)cc1C(=O)O. The third-order valence-electron chi connectivity index (χ3n) is 3.25. The van der Waals surface area contributed by atoms with Crippen LogP contribution in [0.2, 0.25) is 0 Å². The maximum Gasteiger partial charge on any atom is 0.338 e. The maximum absolute atomic E-state index is 12.3. The number of benzene rings is 1. The number of carboxylic acids is 1. The van der Waals surface area contributed by atoms with Crippen molar-refractivity contribution in [1.82, 2.24) is 4.90 Å². The van der Waals surface area contributed by atoms with Crippen LogP contribution in [0.3, 0.4) is 0 Å². The van der Waals surface area contributed by atoms with Gasteiger partial charge in [0.1, 0.15) is 11.5 Å². The number of phenols is 1. The number of hydrogen-bond donors (Lipinski definition) is 2. The van der Waals surface area contributed by atoms with Gasteiger partial charge in [-0.2, -0.15) is 0 Å². The number of likely N-dealkylation sites (N-methyl/N-ethyl adjacent to an activating group) is 1. The van der Waals surface area contributed by atoms with Gasteiger partial charge in [0.2, 0.25) is 0 Å². The van der Waals surface area contributed by atoms with E-state index in [0.717, 1.165) is 17.8 Å². The van der Waals surface area contributed by atoms with E-state index in [4.69, 9.17) is 4.42 Å². The van der Waals surface area contributed by atoms with Gasteiger partial charge in [0, 0.05) is 13.1 Å². The Labute approximate surface area is 140 Å². The highest BCUT2D eigenvalue weighted by Crippen LogP contribution is 2.34. The summed E-state index contributed by atoms with van der Waals surface area (Å²) < 4.78 is 5.19. The molecule has 7 nitrogen and oxygen atoms in total. The van der Waals surface area contributed by atoms with Gasteiger partial charge in [-0.15, -0.1) is 0 Å². The molecule has 0 radical (unpaired) electrons. The van der Waals surface area contributed by atoms with Crippen molar-refractivity contribution >= 4 is 40.6 Å². The monoisotopic (exact) mass is 344 g/mol. The van der Waals surface area contributed by atoms with E-state index in [2.05, 4.69) is 4.99 Å². The molecule has 1 amide bonds. The lowest BCUT2D eigenvalue weighted by Crippen LogP contribution is -2.23. The van der Waals surface area contributed by atoms with Crippen LogP contribution < -0.4 is 0 Å². The molecule has 8 heteroatoms. The first-order valence-corrected chi connectivity index (χ1v) is 7.63. The minimum atomic E-state index is -1.21. The molecule has 3 rings (SSSR count). The molecule has 1 aromatic heterocycles. The first-order chi connectivity index (χ1) is 11.5. The van der Waals surface area contributed by atoms with E-state index in [0.29, 0.717) is 15.8 Å². The highest BCUT2D eigenvalue weighted by Gasteiger charge is 2.31. The standard InChI is InChI=1S/C16H12N2O5S/c1-18-14(20)13(8-10-3-2-6-23-10)24-16(18)17-12-5-4-9(19)7-11(12)15(21)22/h2-8,19H,1H3,(H,21,22)/b13-8-,17-16?. The molecule has 0 spiro atoms. The lowest BCUT2D eigenvalue weighted by molar-refractivity contribution is -0.121. The molecular formula is C16H12N2O5S. The highest BCUT2D eigenvalue weighted by atomic mass is 32.2. The Bertz CT molecular complexity index is 871. The van der Waals surface area contributed by atoms with Gasteiger partial charge in [-0.25, -0.2) is 9.79 Å². The maximum atomic E-state index is 12.3. The minimum Gasteiger partial charge on any atom is -0.508 e.